The van der Waals surface area contributed by atoms with Crippen LogP contribution < -0.4 is 15.5 Å². The minimum atomic E-state index is 0.0296. The van der Waals surface area contributed by atoms with E-state index in [4.69, 9.17) is 30.7 Å². The topological polar surface area (TPSA) is 112 Å². The van der Waals surface area contributed by atoms with E-state index in [-0.39, 0.29) is 5.84 Å². The minimum Gasteiger partial charge on any atom is -0.384 e. The van der Waals surface area contributed by atoms with Crippen molar-refractivity contribution < 1.29 is 9.47 Å². The molecule has 170 valence electrons. The van der Waals surface area contributed by atoms with Crippen LogP contribution in [0.4, 0.5) is 23.0 Å². The third-order valence-electron chi connectivity index (χ3n) is 5.91. The first-order valence-electron chi connectivity index (χ1n) is 11.1. The predicted octanol–water partition coefficient (Wildman–Crippen LogP) is 3.61. The van der Waals surface area contributed by atoms with Crippen LogP contribution in [0, 0.1) is 5.41 Å². The Balaban J connectivity index is 1.61. The summed E-state index contributed by atoms with van der Waals surface area (Å²) in [6.45, 7) is 5.83. The van der Waals surface area contributed by atoms with Crippen molar-refractivity contribution in [2.75, 3.05) is 62.4 Å². The monoisotopic (exact) mass is 445 g/mol. The van der Waals surface area contributed by atoms with E-state index >= 15 is 0 Å². The Morgan fingerprint density at radius 1 is 0.788 bits per heavy atom. The zero-order valence-electron chi connectivity index (χ0n) is 18.4. The largest absolute Gasteiger partial charge is 0.384 e. The molecular formula is C24H27N7O2. The van der Waals surface area contributed by atoms with E-state index in [1.165, 1.54) is 0 Å². The molecule has 9 heteroatoms. The van der Waals surface area contributed by atoms with E-state index in [0.717, 1.165) is 54.3 Å². The fraction of sp³-hybridized carbons (Fsp3) is 0.333. The Kier molecular flexibility index (Phi) is 6.14. The molecule has 1 aromatic heterocycles. The van der Waals surface area contributed by atoms with Gasteiger partial charge in [0.1, 0.15) is 17.3 Å². The number of nitrogens with two attached hydrogens (primary N) is 1. The number of hydrogen-bond donors (Lipinski definition) is 2. The lowest BCUT2D eigenvalue weighted by atomic mass is 10.1. The first-order chi connectivity index (χ1) is 16.2. The Morgan fingerprint density at radius 2 is 1.36 bits per heavy atom. The fourth-order valence-corrected chi connectivity index (χ4v) is 4.14. The second kappa shape index (κ2) is 9.51. The van der Waals surface area contributed by atoms with E-state index in [1.54, 1.807) is 12.1 Å². The summed E-state index contributed by atoms with van der Waals surface area (Å²) in [7, 11) is 0. The highest BCUT2D eigenvalue weighted by molar-refractivity contribution is 6.03. The van der Waals surface area contributed by atoms with Crippen LogP contribution in [-0.2, 0) is 9.47 Å². The summed E-state index contributed by atoms with van der Waals surface area (Å²) >= 11 is 0. The van der Waals surface area contributed by atoms with Crippen molar-refractivity contribution >= 4 is 39.6 Å². The van der Waals surface area contributed by atoms with Gasteiger partial charge in [-0.3, -0.25) is 5.41 Å². The zero-order valence-corrected chi connectivity index (χ0v) is 18.4. The SMILES string of the molecule is N=C(N)c1ccc(/N=N/c2c(N3CCOCC3)nc(N3CCOCC3)c3ccccc23)cc1. The number of nitrogens with one attached hydrogen (secondary N) is 1. The van der Waals surface area contributed by atoms with Crippen LogP contribution in [-0.4, -0.2) is 63.4 Å². The van der Waals surface area contributed by atoms with Crippen LogP contribution >= 0.6 is 0 Å². The van der Waals surface area contributed by atoms with Gasteiger partial charge in [0.05, 0.1) is 32.1 Å². The molecule has 0 saturated carbocycles. The van der Waals surface area contributed by atoms with Gasteiger partial charge in [0.25, 0.3) is 0 Å². The van der Waals surface area contributed by atoms with Crippen LogP contribution in [0.15, 0.2) is 58.8 Å². The van der Waals surface area contributed by atoms with Gasteiger partial charge in [0.15, 0.2) is 5.82 Å². The smallest absolute Gasteiger partial charge is 0.159 e. The molecular weight excluding hydrogens is 418 g/mol. The molecule has 2 fully saturated rings. The number of fused-ring (bicyclic) bond motifs is 1. The minimum absolute atomic E-state index is 0.0296. The van der Waals surface area contributed by atoms with Crippen molar-refractivity contribution in [1.82, 2.24) is 4.98 Å². The van der Waals surface area contributed by atoms with Gasteiger partial charge in [-0.2, -0.15) is 5.11 Å². The highest BCUT2D eigenvalue weighted by Crippen LogP contribution is 2.40. The maximum atomic E-state index is 7.57. The highest BCUT2D eigenvalue weighted by Gasteiger charge is 2.24. The van der Waals surface area contributed by atoms with Gasteiger partial charge in [-0.15, -0.1) is 5.11 Å². The van der Waals surface area contributed by atoms with Crippen LogP contribution in [0.5, 0.6) is 0 Å². The average molecular weight is 446 g/mol. The molecule has 2 saturated heterocycles. The molecule has 2 aromatic carbocycles. The third kappa shape index (κ3) is 4.50. The summed E-state index contributed by atoms with van der Waals surface area (Å²) in [4.78, 5) is 9.66. The molecule has 0 radical (unpaired) electrons. The van der Waals surface area contributed by atoms with Crippen LogP contribution in [0.25, 0.3) is 10.8 Å². The Labute approximate surface area is 192 Å². The van der Waals surface area contributed by atoms with Crippen molar-refractivity contribution in [2.45, 2.75) is 0 Å². The van der Waals surface area contributed by atoms with Crippen LogP contribution in [0.3, 0.4) is 0 Å². The second-order valence-electron chi connectivity index (χ2n) is 8.01. The second-order valence-corrected chi connectivity index (χ2v) is 8.01. The van der Waals surface area contributed by atoms with Crippen molar-refractivity contribution in [3.63, 3.8) is 0 Å². The van der Waals surface area contributed by atoms with Crippen molar-refractivity contribution in [3.05, 3.63) is 54.1 Å². The van der Waals surface area contributed by atoms with Gasteiger partial charge in [0, 0.05) is 42.5 Å². The molecule has 0 atom stereocenters. The van der Waals surface area contributed by atoms with E-state index < -0.39 is 0 Å². The number of azo groups is 1. The predicted molar refractivity (Wildman–Crippen MR) is 129 cm³/mol. The van der Waals surface area contributed by atoms with Crippen LogP contribution in [0.1, 0.15) is 5.56 Å². The number of anilines is 2. The number of pyridine rings is 1. The number of hydrogen-bond acceptors (Lipinski definition) is 8. The molecule has 0 unspecified atom stereocenters. The lowest BCUT2D eigenvalue weighted by molar-refractivity contribution is 0.121. The zero-order chi connectivity index (χ0) is 22.6. The number of benzene rings is 2. The summed E-state index contributed by atoms with van der Waals surface area (Å²) in [5, 5.41) is 18.8. The quantitative estimate of drug-likeness (QED) is 0.352. The van der Waals surface area contributed by atoms with Gasteiger partial charge in [-0.25, -0.2) is 4.98 Å². The number of aromatic nitrogens is 1. The van der Waals surface area contributed by atoms with Crippen molar-refractivity contribution in [1.29, 1.82) is 5.41 Å². The molecule has 0 aliphatic carbocycles. The van der Waals surface area contributed by atoms with Gasteiger partial charge >= 0.3 is 0 Å². The number of ether oxygens (including phenoxy) is 2. The molecule has 3 N–H and O–H groups in total. The molecule has 2 aliphatic rings. The lowest BCUT2D eigenvalue weighted by Crippen LogP contribution is -2.39. The molecule has 33 heavy (non-hydrogen) atoms. The summed E-state index contributed by atoms with van der Waals surface area (Å²) in [6.07, 6.45) is 0. The standard InChI is InChI=1S/C24H27N7O2/c25-22(26)17-5-7-18(8-6-17)28-29-21-19-3-1-2-4-20(19)23(30-9-13-32-14-10-30)27-24(21)31-11-15-33-16-12-31/h1-8H,9-16H2,(H3,25,26)/b29-28+. The number of nitrogens with zero attached hydrogens (tertiary/aromatic N) is 5. The van der Waals surface area contributed by atoms with E-state index in [2.05, 4.69) is 27.0 Å². The Bertz CT molecular complexity index is 1170. The summed E-state index contributed by atoms with van der Waals surface area (Å²) in [5.41, 5.74) is 7.66. The highest BCUT2D eigenvalue weighted by atomic mass is 16.5. The van der Waals surface area contributed by atoms with E-state index in [1.807, 2.05) is 24.3 Å². The van der Waals surface area contributed by atoms with Gasteiger partial charge in [-0.05, 0) is 24.3 Å². The average Bonchev–Trinajstić information content (AvgIpc) is 2.88. The molecule has 2 aliphatic heterocycles. The first kappa shape index (κ1) is 21.3. The number of amidine groups is 1. The number of rotatable bonds is 5. The third-order valence-corrected chi connectivity index (χ3v) is 5.91. The number of morpholine rings is 2. The van der Waals surface area contributed by atoms with Gasteiger partial charge in [-0.1, -0.05) is 24.3 Å². The molecule has 5 rings (SSSR count). The molecule has 0 bridgehead atoms. The molecule has 9 nitrogen and oxygen atoms in total. The number of nitrogen functional groups attached to an aromatic ring is 1. The van der Waals surface area contributed by atoms with Crippen LogP contribution in [0.2, 0.25) is 0 Å². The maximum absolute atomic E-state index is 7.57. The Hall–Kier alpha value is -3.56. The summed E-state index contributed by atoms with van der Waals surface area (Å²) < 4.78 is 11.1. The van der Waals surface area contributed by atoms with Gasteiger partial charge < -0.3 is 25.0 Å². The van der Waals surface area contributed by atoms with Crippen molar-refractivity contribution in [2.24, 2.45) is 16.0 Å². The summed E-state index contributed by atoms with van der Waals surface area (Å²) in [5.74, 6) is 1.81. The first-order valence-corrected chi connectivity index (χ1v) is 11.1. The normalized spacial score (nSPS) is 17.1. The molecule has 0 amide bonds. The van der Waals surface area contributed by atoms with Gasteiger partial charge in [0.2, 0.25) is 0 Å². The van der Waals surface area contributed by atoms with E-state index in [0.29, 0.717) is 37.7 Å². The molecule has 0 spiro atoms. The summed E-state index contributed by atoms with van der Waals surface area (Å²) in [6, 6.07) is 15.4. The molecule has 3 heterocycles. The maximum Gasteiger partial charge on any atom is 0.159 e. The lowest BCUT2D eigenvalue weighted by Gasteiger charge is -2.33. The molecule has 3 aromatic rings. The Morgan fingerprint density at radius 3 is 1.97 bits per heavy atom. The fourth-order valence-electron chi connectivity index (χ4n) is 4.14. The van der Waals surface area contributed by atoms with Crippen molar-refractivity contribution in [3.8, 4) is 0 Å². The van der Waals surface area contributed by atoms with E-state index in [9.17, 15) is 0 Å².